The minimum atomic E-state index is -0.100. The number of hydrogen-bond acceptors (Lipinski definition) is 6. The molecule has 1 aliphatic heterocycles. The molecule has 1 amide bonds. The lowest BCUT2D eigenvalue weighted by molar-refractivity contribution is -0.217. The highest BCUT2D eigenvalue weighted by Crippen LogP contribution is 2.70. The molecule has 4 aliphatic carbocycles. The van der Waals surface area contributed by atoms with Gasteiger partial charge in [-0.05, 0) is 207 Å². The van der Waals surface area contributed by atoms with Gasteiger partial charge >= 0.3 is 11.9 Å². The second-order valence-corrected chi connectivity index (χ2v) is 26.6. The minimum Gasteiger partial charge on any atom is -0.462 e. The van der Waals surface area contributed by atoms with Crippen LogP contribution in [0.1, 0.15) is 305 Å². The number of amides is 1. The summed E-state index contributed by atoms with van der Waals surface area (Å²) in [6.45, 7) is 19.0. The molecule has 5 fully saturated rings. The molecule has 0 unspecified atom stereocenters. The Bertz CT molecular complexity index is 1640. The third-order valence-corrected chi connectivity index (χ3v) is 20.9. The number of hydrogen-bond donors (Lipinski definition) is 1. The van der Waals surface area contributed by atoms with Crippen molar-refractivity contribution in [1.82, 2.24) is 10.2 Å². The van der Waals surface area contributed by atoms with Crippen LogP contribution >= 0.6 is 0 Å². The van der Waals surface area contributed by atoms with Crippen LogP contribution in [0, 0.1) is 52.3 Å². The van der Waals surface area contributed by atoms with Gasteiger partial charge in [-0.25, -0.2) is 0 Å². The fourth-order valence-electron chi connectivity index (χ4n) is 16.4. The number of unbranched alkanes of at least 4 members (excludes halogenated alkanes) is 23. The van der Waals surface area contributed by atoms with E-state index in [1.807, 2.05) is 0 Å². The lowest BCUT2D eigenvalue weighted by Crippen LogP contribution is -2.62. The van der Waals surface area contributed by atoms with Crippen molar-refractivity contribution in [3.05, 3.63) is 24.3 Å². The van der Waals surface area contributed by atoms with Gasteiger partial charge in [-0.15, -0.1) is 0 Å². The number of fused-ring (bicyclic) bond motifs is 5. The van der Waals surface area contributed by atoms with E-state index in [9.17, 15) is 14.4 Å². The third kappa shape index (κ3) is 21.7. The molecule has 5 aliphatic rings. The van der Waals surface area contributed by atoms with E-state index in [2.05, 4.69) is 76.1 Å². The lowest BCUT2D eigenvalue weighted by Gasteiger charge is -2.64. The van der Waals surface area contributed by atoms with Crippen LogP contribution in [0.15, 0.2) is 24.3 Å². The Hall–Kier alpha value is -2.15. The minimum absolute atomic E-state index is 0.00403. The number of allylic oxidation sites excluding steroid dienone is 4. The van der Waals surface area contributed by atoms with Gasteiger partial charge in [0.05, 0.1) is 0 Å². The third-order valence-electron chi connectivity index (χ3n) is 20.9. The van der Waals surface area contributed by atoms with Gasteiger partial charge in [0.15, 0.2) is 0 Å². The fourth-order valence-corrected chi connectivity index (χ4v) is 16.4. The van der Waals surface area contributed by atoms with Gasteiger partial charge in [0.25, 0.3) is 0 Å². The highest BCUT2D eigenvalue weighted by Gasteiger charge is 2.65. The van der Waals surface area contributed by atoms with Crippen molar-refractivity contribution in [3.63, 3.8) is 0 Å². The van der Waals surface area contributed by atoms with Crippen molar-refractivity contribution >= 4 is 17.8 Å². The molecule has 76 heavy (non-hydrogen) atoms. The number of carbonyl (C=O) groups excluding carboxylic acids is 3. The molecule has 0 spiro atoms. The molecule has 1 saturated heterocycles. The first-order valence-electron chi connectivity index (χ1n) is 33.7. The summed E-state index contributed by atoms with van der Waals surface area (Å²) in [5, 5.41) is 3.26. The van der Waals surface area contributed by atoms with E-state index in [-0.39, 0.29) is 46.8 Å². The Balaban J connectivity index is 1.10. The van der Waals surface area contributed by atoms with Gasteiger partial charge in [0.1, 0.15) is 12.2 Å². The zero-order valence-corrected chi connectivity index (χ0v) is 50.8. The number of carbonyl (C=O) groups is 3. The van der Waals surface area contributed by atoms with Crippen LogP contribution in [0.4, 0.5) is 0 Å². The van der Waals surface area contributed by atoms with Crippen molar-refractivity contribution in [3.8, 4) is 0 Å². The Morgan fingerprint density at radius 1 is 0.566 bits per heavy atom. The molecular formula is C69H122N2O5. The van der Waals surface area contributed by atoms with Crippen LogP contribution < -0.4 is 5.32 Å². The second kappa shape index (κ2) is 37.0. The summed E-state index contributed by atoms with van der Waals surface area (Å²) in [4.78, 5) is 43.2. The first kappa shape index (κ1) is 64.7. The van der Waals surface area contributed by atoms with Crippen LogP contribution in [0.2, 0.25) is 0 Å². The molecule has 0 aromatic heterocycles. The second-order valence-electron chi connectivity index (χ2n) is 26.6. The SMILES string of the molecule is CCCCCCCCC/C=C/CCCCCCC(=O)O[C@@H]1CC[C@@]2(C)[C@@H](C1)[C@@H](C)[C@@H](OC(=O)CCCCCC/C=C/CCCCCCCCC)[C@@H]1[C@@H]2CC[C@]2(C)[C@@H]([C@H](C)CCC(=O)NCCCCN3CCCC3)CC[C@@H]12. The Labute approximate surface area is 469 Å². The van der Waals surface area contributed by atoms with E-state index >= 15 is 0 Å². The van der Waals surface area contributed by atoms with Gasteiger partial charge in [0, 0.05) is 31.7 Å². The molecule has 1 N–H and O–H groups in total. The molecule has 1 heterocycles. The van der Waals surface area contributed by atoms with E-state index < -0.39 is 0 Å². The van der Waals surface area contributed by atoms with Crippen LogP contribution in [-0.4, -0.2) is 61.1 Å². The summed E-state index contributed by atoms with van der Waals surface area (Å²) >= 11 is 0. The highest BCUT2D eigenvalue weighted by atomic mass is 16.5. The number of nitrogens with zero attached hydrogens (tertiary/aromatic N) is 1. The van der Waals surface area contributed by atoms with Crippen LogP contribution in [0.25, 0.3) is 0 Å². The van der Waals surface area contributed by atoms with Gasteiger partial charge in [-0.1, -0.05) is 169 Å². The summed E-state index contributed by atoms with van der Waals surface area (Å²) in [6.07, 6.45) is 57.2. The highest BCUT2D eigenvalue weighted by molar-refractivity contribution is 5.75. The monoisotopic (exact) mass is 1060 g/mol. The van der Waals surface area contributed by atoms with Crippen molar-refractivity contribution in [1.29, 1.82) is 0 Å². The first-order chi connectivity index (χ1) is 37.0. The maximum absolute atomic E-state index is 14.1. The molecule has 438 valence electrons. The number of rotatable bonds is 41. The van der Waals surface area contributed by atoms with Crippen LogP contribution in [0.5, 0.6) is 0 Å². The molecule has 4 saturated carbocycles. The smallest absolute Gasteiger partial charge is 0.306 e. The van der Waals surface area contributed by atoms with Crippen molar-refractivity contribution in [2.24, 2.45) is 52.3 Å². The topological polar surface area (TPSA) is 84.9 Å². The predicted molar refractivity (Wildman–Crippen MR) is 320 cm³/mol. The maximum Gasteiger partial charge on any atom is 0.306 e. The molecule has 7 heteroatoms. The summed E-state index contributed by atoms with van der Waals surface area (Å²) < 4.78 is 13.3. The first-order valence-corrected chi connectivity index (χ1v) is 33.7. The molecule has 0 bridgehead atoms. The molecule has 0 aromatic rings. The molecule has 5 rings (SSSR count). The van der Waals surface area contributed by atoms with E-state index in [4.69, 9.17) is 9.47 Å². The zero-order chi connectivity index (χ0) is 54.3. The number of ether oxygens (including phenoxy) is 2. The zero-order valence-electron chi connectivity index (χ0n) is 50.8. The summed E-state index contributed by atoms with van der Waals surface area (Å²) in [5.74, 6) is 3.21. The standard InChI is InChI=1S/C69H122N2O5/c1-7-9-11-13-15-17-19-21-23-25-27-29-31-33-35-41-64(73)75-58-47-49-69(6)61-48-50-68(5)59(56(3)43-46-63(72)70-51-37-38-52-71-53-39-40-54-71)44-45-60(68)66(61)67(57(4)62(69)55-58)76-65(74)42-36-34-32-30-28-26-24-22-20-18-16-14-12-10-8-2/h23-26,56-62,66-67H,7-22,27-55H2,1-6H3,(H,70,72)/b25-23+,26-24+/t56-,57-,58-,59-,60+,61+,62+,66+,67-,68-,69-/m1/s1. The predicted octanol–water partition coefficient (Wildman–Crippen LogP) is 18.8. The fraction of sp³-hybridized carbons (Fsp3) is 0.899. The molecule has 7 nitrogen and oxygen atoms in total. The summed E-state index contributed by atoms with van der Waals surface area (Å²) in [6, 6.07) is 0. The number of likely N-dealkylation sites (tertiary alicyclic amines) is 1. The van der Waals surface area contributed by atoms with E-state index in [1.54, 1.807) is 0 Å². The Kier molecular flexibility index (Phi) is 31.5. The van der Waals surface area contributed by atoms with Crippen molar-refractivity contribution < 1.29 is 23.9 Å². The largest absolute Gasteiger partial charge is 0.462 e. The normalized spacial score (nSPS) is 28.9. The van der Waals surface area contributed by atoms with E-state index in [1.165, 1.54) is 187 Å². The average molecular weight is 1060 g/mol. The van der Waals surface area contributed by atoms with Gasteiger partial charge in [0.2, 0.25) is 5.91 Å². The van der Waals surface area contributed by atoms with E-state index in [0.29, 0.717) is 54.8 Å². The van der Waals surface area contributed by atoms with E-state index in [0.717, 1.165) is 83.6 Å². The van der Waals surface area contributed by atoms with Crippen LogP contribution in [0.3, 0.4) is 0 Å². The lowest BCUT2D eigenvalue weighted by atomic mass is 9.41. The number of nitrogens with one attached hydrogen (secondary N) is 1. The quantitative estimate of drug-likeness (QED) is 0.0373. The van der Waals surface area contributed by atoms with Gasteiger partial charge in [-0.2, -0.15) is 0 Å². The molecular weight excluding hydrogens is 937 g/mol. The average Bonchev–Trinajstić information content (AvgIpc) is 4.07. The Morgan fingerprint density at radius 2 is 1.07 bits per heavy atom. The molecule has 0 aromatic carbocycles. The summed E-state index contributed by atoms with van der Waals surface area (Å²) in [5.41, 5.74) is 0.318. The Morgan fingerprint density at radius 3 is 1.63 bits per heavy atom. The maximum atomic E-state index is 14.1. The summed E-state index contributed by atoms with van der Waals surface area (Å²) in [7, 11) is 0. The van der Waals surface area contributed by atoms with Gasteiger partial charge in [-0.3, -0.25) is 14.4 Å². The number of esters is 2. The van der Waals surface area contributed by atoms with Crippen LogP contribution in [-0.2, 0) is 23.9 Å². The molecule has 11 atom stereocenters. The van der Waals surface area contributed by atoms with Gasteiger partial charge < -0.3 is 19.7 Å². The van der Waals surface area contributed by atoms with Crippen molar-refractivity contribution in [2.45, 2.75) is 317 Å². The molecule has 0 radical (unpaired) electrons. The van der Waals surface area contributed by atoms with Crippen molar-refractivity contribution in [2.75, 3.05) is 26.2 Å².